The molecule has 0 aromatic heterocycles. The maximum absolute atomic E-state index is 12.6. The molecule has 4 fully saturated rings. The molecule has 4 saturated heterocycles. The van der Waals surface area contributed by atoms with Crippen LogP contribution >= 0.6 is 0 Å². The summed E-state index contributed by atoms with van der Waals surface area (Å²) >= 11 is 0. The van der Waals surface area contributed by atoms with Gasteiger partial charge in [-0.1, -0.05) is 19.8 Å². The fraction of sp³-hybridized carbons (Fsp3) is 0.963. The van der Waals surface area contributed by atoms with E-state index < -0.39 is 0 Å². The van der Waals surface area contributed by atoms with Crippen LogP contribution < -0.4 is 0 Å². The smallest absolute Gasteiger partial charge is 0.306 e. The van der Waals surface area contributed by atoms with E-state index >= 15 is 0 Å². The predicted octanol–water partition coefficient (Wildman–Crippen LogP) is 5.30. The van der Waals surface area contributed by atoms with Crippen LogP contribution in [0.4, 0.5) is 0 Å². The van der Waals surface area contributed by atoms with Gasteiger partial charge in [-0.3, -0.25) is 4.79 Å². The zero-order chi connectivity index (χ0) is 21.6. The van der Waals surface area contributed by atoms with Gasteiger partial charge in [0.25, 0.3) is 0 Å². The lowest BCUT2D eigenvalue weighted by Crippen LogP contribution is -2.51. The average Bonchev–Trinajstić information content (AvgIpc) is 3.42. The van der Waals surface area contributed by atoms with Crippen LogP contribution in [0.1, 0.15) is 96.8 Å². The first-order valence-corrected chi connectivity index (χ1v) is 14.0. The number of carbonyl (C=O) groups excluding carboxylic acids is 1. The van der Waals surface area contributed by atoms with Crippen molar-refractivity contribution < 1.29 is 18.5 Å². The largest absolute Gasteiger partial charge is 0.462 e. The lowest BCUT2D eigenvalue weighted by Gasteiger charge is -2.42. The molecule has 0 unspecified atom stereocenters. The van der Waals surface area contributed by atoms with Crippen LogP contribution in [0.2, 0.25) is 0 Å². The van der Waals surface area contributed by atoms with Gasteiger partial charge in [-0.15, -0.1) is 0 Å². The van der Waals surface area contributed by atoms with E-state index in [-0.39, 0.29) is 12.1 Å². The predicted molar refractivity (Wildman–Crippen MR) is 127 cm³/mol. The summed E-state index contributed by atoms with van der Waals surface area (Å²) in [7, 11) is 0. The second-order valence-electron chi connectivity index (χ2n) is 11.8. The summed E-state index contributed by atoms with van der Waals surface area (Å²) < 4.78 is 8.99. The Kier molecular flexibility index (Phi) is 8.36. The molecule has 0 aliphatic carbocycles. The molecule has 0 N–H and O–H groups in total. The molecule has 4 heteroatoms. The molecule has 178 valence electrons. The van der Waals surface area contributed by atoms with Crippen molar-refractivity contribution in [2.45, 2.75) is 103 Å². The number of hydrogen-bond donors (Lipinski definition) is 0. The molecule has 4 rings (SSSR count). The van der Waals surface area contributed by atoms with Crippen LogP contribution in [0.3, 0.4) is 0 Å². The van der Waals surface area contributed by atoms with Crippen LogP contribution in [-0.2, 0) is 9.53 Å². The molecule has 0 amide bonds. The van der Waals surface area contributed by atoms with Crippen LogP contribution in [0.15, 0.2) is 0 Å². The van der Waals surface area contributed by atoms with E-state index in [9.17, 15) is 4.79 Å². The van der Waals surface area contributed by atoms with Gasteiger partial charge in [-0.05, 0) is 56.8 Å². The summed E-state index contributed by atoms with van der Waals surface area (Å²) in [5, 5.41) is 0. The number of unbranched alkanes of at least 4 members (excludes halogenated alkanes) is 2. The second-order valence-corrected chi connectivity index (χ2v) is 11.8. The van der Waals surface area contributed by atoms with Crippen LogP contribution in [0.5, 0.6) is 0 Å². The van der Waals surface area contributed by atoms with Crippen molar-refractivity contribution >= 4 is 5.97 Å². The van der Waals surface area contributed by atoms with Crippen molar-refractivity contribution in [3.63, 3.8) is 0 Å². The summed E-state index contributed by atoms with van der Waals surface area (Å²) in [6.07, 6.45) is 17.5. The molecule has 0 radical (unpaired) electrons. The number of hydrogen-bond acceptors (Lipinski definition) is 2. The summed E-state index contributed by atoms with van der Waals surface area (Å²) in [5.41, 5.74) is 0. The molecule has 0 bridgehead atoms. The Morgan fingerprint density at radius 3 is 1.61 bits per heavy atom. The third kappa shape index (κ3) is 6.47. The Balaban J connectivity index is 1.28. The van der Waals surface area contributed by atoms with Crippen molar-refractivity contribution in [3.8, 4) is 0 Å². The molecular formula is C27H50N2O2+2. The molecule has 4 heterocycles. The maximum Gasteiger partial charge on any atom is 0.306 e. The van der Waals surface area contributed by atoms with Gasteiger partial charge in [-0.25, -0.2) is 0 Å². The standard InChI is InChI=1S/C27H50N2O2/c1-2-3-4-9-27(30)31-26(22-24-10-18-28(19-11-24)14-5-6-15-28)23-25-12-20-29(21-13-25)16-7-8-17-29/h24-26H,2-23H2,1H3/q+2. The molecular weight excluding hydrogens is 384 g/mol. The van der Waals surface area contributed by atoms with Crippen LogP contribution in [0, 0.1) is 11.8 Å². The highest BCUT2D eigenvalue weighted by Gasteiger charge is 2.39. The Labute approximate surface area is 191 Å². The van der Waals surface area contributed by atoms with E-state index in [1.807, 2.05) is 0 Å². The minimum atomic E-state index is 0.0798. The summed E-state index contributed by atoms with van der Waals surface area (Å²) in [4.78, 5) is 12.6. The molecule has 0 aromatic carbocycles. The summed E-state index contributed by atoms with van der Waals surface area (Å²) in [6.45, 7) is 13.4. The lowest BCUT2D eigenvalue weighted by atomic mass is 9.84. The fourth-order valence-corrected chi connectivity index (χ4v) is 7.42. The van der Waals surface area contributed by atoms with E-state index in [2.05, 4.69) is 6.92 Å². The monoisotopic (exact) mass is 434 g/mol. The van der Waals surface area contributed by atoms with Crippen LogP contribution in [-0.4, -0.2) is 73.4 Å². The first-order chi connectivity index (χ1) is 15.1. The van der Waals surface area contributed by atoms with Gasteiger partial charge in [0.2, 0.25) is 0 Å². The highest BCUT2D eigenvalue weighted by molar-refractivity contribution is 5.69. The molecule has 0 atom stereocenters. The van der Waals surface area contributed by atoms with Crippen molar-refractivity contribution in [1.82, 2.24) is 0 Å². The van der Waals surface area contributed by atoms with Crippen molar-refractivity contribution in [2.24, 2.45) is 11.8 Å². The number of carbonyl (C=O) groups is 1. The maximum atomic E-state index is 12.6. The van der Waals surface area contributed by atoms with Crippen molar-refractivity contribution in [3.05, 3.63) is 0 Å². The second kappa shape index (κ2) is 11.0. The summed E-state index contributed by atoms with van der Waals surface area (Å²) in [6, 6.07) is 0. The third-order valence-corrected chi connectivity index (χ3v) is 9.55. The van der Waals surface area contributed by atoms with Crippen LogP contribution in [0.25, 0.3) is 0 Å². The highest BCUT2D eigenvalue weighted by atomic mass is 16.5. The molecule has 2 spiro atoms. The average molecular weight is 435 g/mol. The van der Waals surface area contributed by atoms with E-state index in [0.29, 0.717) is 6.42 Å². The number of piperidine rings is 2. The van der Waals surface area contributed by atoms with Gasteiger partial charge in [0, 0.05) is 32.1 Å². The molecule has 4 aliphatic rings. The zero-order valence-electron chi connectivity index (χ0n) is 20.5. The fourth-order valence-electron chi connectivity index (χ4n) is 7.42. The zero-order valence-corrected chi connectivity index (χ0v) is 20.5. The topological polar surface area (TPSA) is 26.3 Å². The van der Waals surface area contributed by atoms with E-state index in [0.717, 1.165) is 37.5 Å². The first kappa shape index (κ1) is 23.5. The molecule has 0 aromatic rings. The van der Waals surface area contributed by atoms with E-state index in [4.69, 9.17) is 4.74 Å². The van der Waals surface area contributed by atoms with Gasteiger partial charge in [0.05, 0.1) is 52.4 Å². The Morgan fingerprint density at radius 2 is 1.19 bits per heavy atom. The molecule has 0 saturated carbocycles. The minimum absolute atomic E-state index is 0.0798. The Bertz CT molecular complexity index is 508. The van der Waals surface area contributed by atoms with Gasteiger partial charge in [-0.2, -0.15) is 0 Å². The van der Waals surface area contributed by atoms with Crippen molar-refractivity contribution in [2.75, 3.05) is 52.4 Å². The highest BCUT2D eigenvalue weighted by Crippen LogP contribution is 2.35. The Hall–Kier alpha value is -0.610. The SMILES string of the molecule is CCCCCC(=O)OC(CC1CC[N+]2(CCCC2)CC1)CC1CC[N+]2(CCCC2)CC1. The molecule has 4 aliphatic heterocycles. The molecule has 31 heavy (non-hydrogen) atoms. The minimum Gasteiger partial charge on any atom is -0.462 e. The Morgan fingerprint density at radius 1 is 0.742 bits per heavy atom. The number of nitrogens with zero attached hydrogens (tertiary/aromatic N) is 2. The number of quaternary nitrogens is 2. The third-order valence-electron chi connectivity index (χ3n) is 9.55. The van der Waals surface area contributed by atoms with Gasteiger partial charge in [0.1, 0.15) is 6.10 Å². The number of esters is 1. The van der Waals surface area contributed by atoms with Gasteiger partial charge in [0.15, 0.2) is 0 Å². The van der Waals surface area contributed by atoms with E-state index in [1.54, 1.807) is 0 Å². The summed E-state index contributed by atoms with van der Waals surface area (Å²) in [5.74, 6) is 1.63. The normalized spacial score (nSPS) is 28.9. The van der Waals surface area contributed by atoms with Gasteiger partial charge >= 0.3 is 5.97 Å². The number of rotatable bonds is 9. The first-order valence-electron chi connectivity index (χ1n) is 14.0. The number of ether oxygens (including phenoxy) is 1. The lowest BCUT2D eigenvalue weighted by molar-refractivity contribution is -0.922. The quantitative estimate of drug-likeness (QED) is 0.280. The van der Waals surface area contributed by atoms with Gasteiger partial charge < -0.3 is 13.7 Å². The molecule has 4 nitrogen and oxygen atoms in total. The van der Waals surface area contributed by atoms with E-state index in [1.165, 1.54) is 119 Å². The van der Waals surface area contributed by atoms with Crippen molar-refractivity contribution in [1.29, 1.82) is 0 Å².